The van der Waals surface area contributed by atoms with Crippen molar-refractivity contribution in [2.75, 3.05) is 17.2 Å². The number of amides is 2. The van der Waals surface area contributed by atoms with Crippen molar-refractivity contribution in [3.63, 3.8) is 0 Å². The van der Waals surface area contributed by atoms with Gasteiger partial charge in [-0.25, -0.2) is 8.42 Å². The molecule has 0 spiro atoms. The summed E-state index contributed by atoms with van der Waals surface area (Å²) in [4.78, 5) is 26.9. The molecule has 1 aliphatic carbocycles. The summed E-state index contributed by atoms with van der Waals surface area (Å²) in [6, 6.07) is 14.9. The molecule has 2 aromatic carbocycles. The summed E-state index contributed by atoms with van der Waals surface area (Å²) in [5, 5.41) is 2.84. The Morgan fingerprint density at radius 3 is 2.53 bits per heavy atom. The highest BCUT2D eigenvalue weighted by Crippen LogP contribution is 2.39. The van der Waals surface area contributed by atoms with Gasteiger partial charge in [-0.3, -0.25) is 9.59 Å². The van der Waals surface area contributed by atoms with Crippen LogP contribution in [0.25, 0.3) is 0 Å². The minimum absolute atomic E-state index is 0.0356. The second-order valence-corrected chi connectivity index (χ2v) is 11.1. The van der Waals surface area contributed by atoms with E-state index < -0.39 is 9.84 Å². The molecule has 32 heavy (non-hydrogen) atoms. The Bertz CT molecular complexity index is 1110. The average Bonchev–Trinajstić information content (AvgIpc) is 3.58. The second-order valence-electron chi connectivity index (χ2n) is 9.01. The van der Waals surface area contributed by atoms with Crippen LogP contribution >= 0.6 is 0 Å². The second kappa shape index (κ2) is 9.06. The van der Waals surface area contributed by atoms with Crippen molar-refractivity contribution in [1.29, 1.82) is 0 Å². The molecule has 4 rings (SSSR count). The number of carbonyl (C=O) groups excluding carboxylic acids is 2. The topological polar surface area (TPSA) is 83.6 Å². The molecule has 170 valence electrons. The lowest BCUT2D eigenvalue weighted by Crippen LogP contribution is -2.36. The molecule has 1 heterocycles. The fourth-order valence-electron chi connectivity index (χ4n) is 4.26. The number of benzene rings is 2. The molecule has 0 saturated heterocycles. The zero-order chi connectivity index (χ0) is 22.9. The number of carbonyl (C=O) groups is 2. The molecule has 1 saturated carbocycles. The van der Waals surface area contributed by atoms with Gasteiger partial charge in [0.25, 0.3) is 0 Å². The van der Waals surface area contributed by atoms with Crippen molar-refractivity contribution in [2.24, 2.45) is 5.92 Å². The Balaban J connectivity index is 1.35. The van der Waals surface area contributed by atoms with Gasteiger partial charge < -0.3 is 10.2 Å². The summed E-state index contributed by atoms with van der Waals surface area (Å²) in [5.41, 5.74) is 2.83. The van der Waals surface area contributed by atoms with Crippen molar-refractivity contribution in [1.82, 2.24) is 5.32 Å². The van der Waals surface area contributed by atoms with Crippen LogP contribution in [0.4, 0.5) is 5.69 Å². The van der Waals surface area contributed by atoms with Crippen molar-refractivity contribution < 1.29 is 18.0 Å². The lowest BCUT2D eigenvalue weighted by Gasteiger charge is -2.22. The maximum atomic E-state index is 12.9. The number of nitrogens with one attached hydrogen (secondary N) is 1. The van der Waals surface area contributed by atoms with E-state index in [0.29, 0.717) is 13.0 Å². The van der Waals surface area contributed by atoms with E-state index in [4.69, 9.17) is 0 Å². The van der Waals surface area contributed by atoms with E-state index >= 15 is 0 Å². The van der Waals surface area contributed by atoms with Gasteiger partial charge in [0.1, 0.15) is 0 Å². The van der Waals surface area contributed by atoms with Gasteiger partial charge in [-0.2, -0.15) is 0 Å². The number of nitrogens with zero attached hydrogens (tertiary/aromatic N) is 1. The first-order chi connectivity index (χ1) is 15.3. The number of sulfone groups is 1. The number of anilines is 1. The lowest BCUT2D eigenvalue weighted by atomic mass is 10.0. The highest BCUT2D eigenvalue weighted by atomic mass is 32.2. The van der Waals surface area contributed by atoms with Gasteiger partial charge in [0.15, 0.2) is 9.84 Å². The van der Waals surface area contributed by atoms with Crippen LogP contribution < -0.4 is 10.2 Å². The smallest absolute Gasteiger partial charge is 0.230 e. The minimum Gasteiger partial charge on any atom is -0.355 e. The number of fused-ring (bicyclic) bond motifs is 1. The first kappa shape index (κ1) is 22.5. The van der Waals surface area contributed by atoms with Crippen LogP contribution in [0.1, 0.15) is 50.2 Å². The fourth-order valence-corrected chi connectivity index (χ4v) is 5.55. The van der Waals surface area contributed by atoms with Gasteiger partial charge in [0, 0.05) is 30.6 Å². The maximum Gasteiger partial charge on any atom is 0.230 e. The average molecular weight is 455 g/mol. The monoisotopic (exact) mass is 454 g/mol. The minimum atomic E-state index is -3.59. The molecule has 2 aliphatic rings. The zero-order valence-corrected chi connectivity index (χ0v) is 19.4. The van der Waals surface area contributed by atoms with Crippen LogP contribution in [-0.4, -0.2) is 38.6 Å². The van der Waals surface area contributed by atoms with E-state index in [2.05, 4.69) is 5.32 Å². The molecule has 0 radical (unpaired) electrons. The molecule has 2 amide bonds. The van der Waals surface area contributed by atoms with Crippen LogP contribution in [0.15, 0.2) is 53.4 Å². The van der Waals surface area contributed by atoms with Gasteiger partial charge in [-0.05, 0) is 61.4 Å². The molecular weight excluding hydrogens is 424 g/mol. The Hall–Kier alpha value is -2.67. The summed E-state index contributed by atoms with van der Waals surface area (Å²) in [6.07, 6.45) is 2.45. The quantitative estimate of drug-likeness (QED) is 0.662. The molecule has 1 N–H and O–H groups in total. The lowest BCUT2D eigenvalue weighted by molar-refractivity contribution is -0.121. The van der Waals surface area contributed by atoms with Gasteiger partial charge in [0.2, 0.25) is 11.8 Å². The molecule has 0 bridgehead atoms. The Morgan fingerprint density at radius 1 is 1.12 bits per heavy atom. The van der Waals surface area contributed by atoms with Crippen molar-refractivity contribution in [3.8, 4) is 0 Å². The Labute approximate surface area is 189 Å². The molecular formula is C25H30N2O4S. The third kappa shape index (κ3) is 4.88. The maximum absolute atomic E-state index is 12.9. The third-order valence-electron chi connectivity index (χ3n) is 6.36. The normalized spacial score (nSPS) is 18.8. The van der Waals surface area contributed by atoms with Crippen LogP contribution in [-0.2, 0) is 25.8 Å². The van der Waals surface area contributed by atoms with Crippen molar-refractivity contribution >= 4 is 27.3 Å². The van der Waals surface area contributed by atoms with Crippen LogP contribution in [0.2, 0.25) is 0 Å². The number of rotatable bonds is 8. The van der Waals surface area contributed by atoms with Gasteiger partial charge in [-0.15, -0.1) is 0 Å². The van der Waals surface area contributed by atoms with Gasteiger partial charge >= 0.3 is 0 Å². The van der Waals surface area contributed by atoms with Crippen molar-refractivity contribution in [3.05, 3.63) is 59.7 Å². The summed E-state index contributed by atoms with van der Waals surface area (Å²) in [6.45, 7) is 4.48. The first-order valence-electron chi connectivity index (χ1n) is 11.3. The van der Waals surface area contributed by atoms with E-state index in [0.717, 1.165) is 29.7 Å². The van der Waals surface area contributed by atoms with E-state index in [1.54, 1.807) is 18.2 Å². The van der Waals surface area contributed by atoms with Crippen molar-refractivity contribution in [2.45, 2.75) is 56.4 Å². The summed E-state index contributed by atoms with van der Waals surface area (Å²) in [5.74, 6) is -0.0928. The predicted molar refractivity (Wildman–Crippen MR) is 124 cm³/mol. The fraction of sp³-hybridized carbons (Fsp3) is 0.440. The van der Waals surface area contributed by atoms with Gasteiger partial charge in [-0.1, -0.05) is 37.3 Å². The van der Waals surface area contributed by atoms with Crippen LogP contribution in [0.3, 0.4) is 0 Å². The summed E-state index contributed by atoms with van der Waals surface area (Å²) >= 11 is 0. The molecule has 0 aromatic heterocycles. The summed E-state index contributed by atoms with van der Waals surface area (Å²) < 4.78 is 25.7. The highest BCUT2D eigenvalue weighted by molar-refractivity contribution is 7.91. The van der Waals surface area contributed by atoms with E-state index in [-0.39, 0.29) is 46.8 Å². The summed E-state index contributed by atoms with van der Waals surface area (Å²) in [7, 11) is -3.59. The zero-order valence-electron chi connectivity index (χ0n) is 18.6. The Morgan fingerprint density at radius 2 is 1.84 bits per heavy atom. The highest BCUT2D eigenvalue weighted by Gasteiger charge is 2.39. The third-order valence-corrected chi connectivity index (χ3v) is 8.08. The predicted octanol–water partition coefficient (Wildman–Crippen LogP) is 3.46. The van der Waals surface area contributed by atoms with Crippen LogP contribution in [0.5, 0.6) is 0 Å². The van der Waals surface area contributed by atoms with E-state index in [9.17, 15) is 18.0 Å². The molecule has 2 aromatic rings. The molecule has 7 heteroatoms. The number of hydrogen-bond acceptors (Lipinski definition) is 4. The molecule has 6 nitrogen and oxygen atoms in total. The molecule has 0 unspecified atom stereocenters. The van der Waals surface area contributed by atoms with E-state index in [1.807, 2.05) is 49.1 Å². The number of hydrogen-bond donors (Lipinski definition) is 1. The SMILES string of the molecule is C[C@@H](CNC(=O)CCS(=O)(=O)c1ccc2c(c1)C[C@H](C)N2C(=O)C1CC1)c1ccccc1. The first-order valence-corrected chi connectivity index (χ1v) is 12.9. The largest absolute Gasteiger partial charge is 0.355 e. The van der Waals surface area contributed by atoms with Gasteiger partial charge in [0.05, 0.1) is 10.6 Å². The van der Waals surface area contributed by atoms with E-state index in [1.165, 1.54) is 0 Å². The molecule has 2 atom stereocenters. The Kier molecular flexibility index (Phi) is 6.38. The standard InChI is InChI=1S/C25H30N2O4S/c1-17(19-6-4-3-5-7-19)16-26-24(28)12-13-32(30,31)22-10-11-23-21(15-22)14-18(2)27(23)25(29)20-8-9-20/h3-7,10-11,15,17-18,20H,8-9,12-14,16H2,1-2H3,(H,26,28)/t17-,18-/m0/s1. The van der Waals surface area contributed by atoms with Crippen LogP contribution in [0, 0.1) is 5.92 Å². The molecule has 1 fully saturated rings. The molecule has 1 aliphatic heterocycles.